The standard InChI is InChI=1S/C17H15NO5/c1-11(8-16(21)22)17(23)18(12-4-2-6-14(19)9-12)13-5-3-7-15(20)10-13/h2-7,9-10,19-20H,1,8H2,(H,21,22). The highest BCUT2D eigenvalue weighted by molar-refractivity contribution is 6.11. The predicted molar refractivity (Wildman–Crippen MR) is 84.8 cm³/mol. The summed E-state index contributed by atoms with van der Waals surface area (Å²) in [4.78, 5) is 24.6. The number of carbonyl (C=O) groups excluding carboxylic acids is 1. The second-order valence-corrected chi connectivity index (χ2v) is 4.85. The summed E-state index contributed by atoms with van der Waals surface area (Å²) in [6.45, 7) is 3.51. The maximum atomic E-state index is 12.6. The van der Waals surface area contributed by atoms with E-state index in [1.165, 1.54) is 29.2 Å². The zero-order chi connectivity index (χ0) is 17.0. The van der Waals surface area contributed by atoms with Crippen LogP contribution in [0.1, 0.15) is 6.42 Å². The van der Waals surface area contributed by atoms with E-state index in [9.17, 15) is 19.8 Å². The molecule has 0 unspecified atom stereocenters. The lowest BCUT2D eigenvalue weighted by molar-refractivity contribution is -0.136. The molecule has 6 heteroatoms. The van der Waals surface area contributed by atoms with Gasteiger partial charge in [-0.3, -0.25) is 14.5 Å². The maximum absolute atomic E-state index is 12.6. The van der Waals surface area contributed by atoms with Gasteiger partial charge in [-0.1, -0.05) is 18.7 Å². The van der Waals surface area contributed by atoms with E-state index in [0.29, 0.717) is 11.4 Å². The second-order valence-electron chi connectivity index (χ2n) is 4.85. The number of phenols is 2. The Bertz CT molecular complexity index is 724. The predicted octanol–water partition coefficient (Wildman–Crippen LogP) is 2.79. The van der Waals surface area contributed by atoms with E-state index in [2.05, 4.69) is 6.58 Å². The summed E-state index contributed by atoms with van der Waals surface area (Å²) in [5.74, 6) is -1.91. The molecular formula is C17H15NO5. The number of nitrogens with zero attached hydrogens (tertiary/aromatic N) is 1. The van der Waals surface area contributed by atoms with Crippen LogP contribution in [0.2, 0.25) is 0 Å². The van der Waals surface area contributed by atoms with E-state index in [0.717, 1.165) is 0 Å². The maximum Gasteiger partial charge on any atom is 0.308 e. The smallest absolute Gasteiger partial charge is 0.308 e. The minimum atomic E-state index is -1.17. The van der Waals surface area contributed by atoms with E-state index in [-0.39, 0.29) is 17.1 Å². The highest BCUT2D eigenvalue weighted by atomic mass is 16.4. The van der Waals surface area contributed by atoms with Crippen molar-refractivity contribution >= 4 is 23.3 Å². The number of benzene rings is 2. The molecule has 2 aromatic rings. The molecule has 0 fully saturated rings. The lowest BCUT2D eigenvalue weighted by Crippen LogP contribution is -2.28. The third kappa shape index (κ3) is 3.88. The summed E-state index contributed by atoms with van der Waals surface area (Å²) in [6, 6.07) is 11.9. The van der Waals surface area contributed by atoms with Gasteiger partial charge >= 0.3 is 5.97 Å². The van der Waals surface area contributed by atoms with Crippen molar-refractivity contribution in [3.63, 3.8) is 0 Å². The Morgan fingerprint density at radius 2 is 1.43 bits per heavy atom. The highest BCUT2D eigenvalue weighted by Gasteiger charge is 2.22. The lowest BCUT2D eigenvalue weighted by atomic mass is 10.1. The van der Waals surface area contributed by atoms with Gasteiger partial charge in [0.1, 0.15) is 11.5 Å². The number of hydrogen-bond acceptors (Lipinski definition) is 4. The van der Waals surface area contributed by atoms with Crippen molar-refractivity contribution in [1.82, 2.24) is 0 Å². The van der Waals surface area contributed by atoms with E-state index < -0.39 is 18.3 Å². The molecule has 23 heavy (non-hydrogen) atoms. The largest absolute Gasteiger partial charge is 0.508 e. The van der Waals surface area contributed by atoms with Gasteiger partial charge in [0, 0.05) is 17.7 Å². The van der Waals surface area contributed by atoms with E-state index in [1.807, 2.05) is 0 Å². The summed E-state index contributed by atoms with van der Waals surface area (Å²) in [5.41, 5.74) is 0.531. The first-order valence-electron chi connectivity index (χ1n) is 6.70. The van der Waals surface area contributed by atoms with Gasteiger partial charge in [0.05, 0.1) is 17.8 Å². The SMILES string of the molecule is C=C(CC(=O)O)C(=O)N(c1cccc(O)c1)c1cccc(O)c1. The number of carboxylic acid groups (broad SMARTS) is 1. The number of aromatic hydroxyl groups is 2. The number of carboxylic acids is 1. The van der Waals surface area contributed by atoms with Gasteiger partial charge in [-0.25, -0.2) is 0 Å². The van der Waals surface area contributed by atoms with Crippen LogP contribution in [-0.4, -0.2) is 27.2 Å². The monoisotopic (exact) mass is 313 g/mol. The first-order valence-corrected chi connectivity index (χ1v) is 6.70. The Hall–Kier alpha value is -3.28. The lowest BCUT2D eigenvalue weighted by Gasteiger charge is -2.24. The van der Waals surface area contributed by atoms with Crippen LogP contribution in [-0.2, 0) is 9.59 Å². The van der Waals surface area contributed by atoms with E-state index in [4.69, 9.17) is 5.11 Å². The molecule has 0 aliphatic rings. The van der Waals surface area contributed by atoms with Crippen molar-refractivity contribution in [2.75, 3.05) is 4.90 Å². The van der Waals surface area contributed by atoms with Gasteiger partial charge in [0.25, 0.3) is 5.91 Å². The first-order chi connectivity index (χ1) is 10.9. The van der Waals surface area contributed by atoms with Crippen LogP contribution in [0.5, 0.6) is 11.5 Å². The van der Waals surface area contributed by atoms with Crippen LogP contribution in [0.25, 0.3) is 0 Å². The van der Waals surface area contributed by atoms with Crippen LogP contribution in [0, 0.1) is 0 Å². The summed E-state index contributed by atoms with van der Waals surface area (Å²) >= 11 is 0. The highest BCUT2D eigenvalue weighted by Crippen LogP contribution is 2.31. The summed E-state index contributed by atoms with van der Waals surface area (Å²) in [6.07, 6.45) is -0.507. The topological polar surface area (TPSA) is 98.1 Å². The zero-order valence-corrected chi connectivity index (χ0v) is 12.1. The fourth-order valence-electron chi connectivity index (χ4n) is 2.06. The Kier molecular flexibility index (Phi) is 4.66. The van der Waals surface area contributed by atoms with Crippen molar-refractivity contribution in [3.05, 3.63) is 60.7 Å². The molecule has 0 radical (unpaired) electrons. The fourth-order valence-corrected chi connectivity index (χ4v) is 2.06. The molecule has 1 amide bonds. The number of amides is 1. The number of phenolic OH excluding ortho intramolecular Hbond substituents is 2. The van der Waals surface area contributed by atoms with Crippen LogP contribution in [0.3, 0.4) is 0 Å². The average Bonchev–Trinajstić information content (AvgIpc) is 2.47. The molecule has 2 aromatic carbocycles. The first kappa shape index (κ1) is 16.1. The fraction of sp³-hybridized carbons (Fsp3) is 0.0588. The van der Waals surface area contributed by atoms with Gasteiger partial charge in [0.15, 0.2) is 0 Å². The molecule has 118 valence electrons. The quantitative estimate of drug-likeness (QED) is 0.737. The number of aliphatic carboxylic acids is 1. The van der Waals surface area contributed by atoms with Crippen molar-refractivity contribution in [2.45, 2.75) is 6.42 Å². The van der Waals surface area contributed by atoms with Crippen molar-refractivity contribution in [2.24, 2.45) is 0 Å². The number of carbonyl (C=O) groups is 2. The third-order valence-corrected chi connectivity index (χ3v) is 3.05. The molecule has 0 aliphatic heterocycles. The molecular weight excluding hydrogens is 298 g/mol. The average molecular weight is 313 g/mol. The minimum absolute atomic E-state index is 0.0516. The molecule has 0 bridgehead atoms. The molecule has 0 spiro atoms. The van der Waals surface area contributed by atoms with Crippen molar-refractivity contribution in [1.29, 1.82) is 0 Å². The third-order valence-electron chi connectivity index (χ3n) is 3.05. The summed E-state index contributed by atoms with van der Waals surface area (Å²) < 4.78 is 0. The normalized spacial score (nSPS) is 10.1. The molecule has 0 saturated heterocycles. The van der Waals surface area contributed by atoms with E-state index in [1.54, 1.807) is 24.3 Å². The molecule has 0 heterocycles. The number of hydrogen-bond donors (Lipinski definition) is 3. The van der Waals surface area contributed by atoms with Crippen molar-refractivity contribution < 1.29 is 24.9 Å². The molecule has 0 aliphatic carbocycles. The minimum Gasteiger partial charge on any atom is -0.508 e. The summed E-state index contributed by atoms with van der Waals surface area (Å²) in [7, 11) is 0. The molecule has 0 aromatic heterocycles. The van der Waals surface area contributed by atoms with Crippen molar-refractivity contribution in [3.8, 4) is 11.5 Å². The second kappa shape index (κ2) is 6.65. The van der Waals surface area contributed by atoms with Gasteiger partial charge in [-0.05, 0) is 24.3 Å². The van der Waals surface area contributed by atoms with E-state index >= 15 is 0 Å². The van der Waals surface area contributed by atoms with Gasteiger partial charge in [-0.15, -0.1) is 0 Å². The Balaban J connectivity index is 2.49. The molecule has 0 atom stereocenters. The Morgan fingerprint density at radius 3 is 1.83 bits per heavy atom. The zero-order valence-electron chi connectivity index (χ0n) is 12.1. The summed E-state index contributed by atoms with van der Waals surface area (Å²) in [5, 5.41) is 28.1. The van der Waals surface area contributed by atoms with Gasteiger partial charge in [0.2, 0.25) is 0 Å². The van der Waals surface area contributed by atoms with Crippen LogP contribution in [0.15, 0.2) is 60.7 Å². The number of anilines is 2. The Labute approximate surface area is 132 Å². The van der Waals surface area contributed by atoms with Gasteiger partial charge < -0.3 is 15.3 Å². The molecule has 3 N–H and O–H groups in total. The Morgan fingerprint density at radius 1 is 0.957 bits per heavy atom. The van der Waals surface area contributed by atoms with Crippen LogP contribution in [0.4, 0.5) is 11.4 Å². The van der Waals surface area contributed by atoms with Crippen LogP contribution < -0.4 is 4.90 Å². The molecule has 2 rings (SSSR count). The number of rotatable bonds is 5. The van der Waals surface area contributed by atoms with Gasteiger partial charge in [-0.2, -0.15) is 0 Å². The molecule has 6 nitrogen and oxygen atoms in total. The molecule has 0 saturated carbocycles. The van der Waals surface area contributed by atoms with Crippen LogP contribution >= 0.6 is 0 Å².